The second-order valence-electron chi connectivity index (χ2n) is 4.37. The molecule has 1 aliphatic heterocycles. The molecule has 19 heavy (non-hydrogen) atoms. The van der Waals surface area contributed by atoms with Crippen LogP contribution < -0.4 is 14.8 Å². The van der Waals surface area contributed by atoms with E-state index in [-0.39, 0.29) is 12.5 Å². The number of fused-ring (bicyclic) bond motifs is 1. The number of carbonyl (C=O) groups excluding carboxylic acids is 1. The molecule has 0 spiro atoms. The molecule has 0 aromatic heterocycles. The zero-order valence-corrected chi connectivity index (χ0v) is 10.9. The van der Waals surface area contributed by atoms with Crippen molar-refractivity contribution in [2.45, 2.75) is 19.3 Å². The van der Waals surface area contributed by atoms with Crippen molar-refractivity contribution < 1.29 is 19.4 Å². The molecule has 1 aliphatic rings. The maximum atomic E-state index is 12.1. The average molecular weight is 265 g/mol. The highest BCUT2D eigenvalue weighted by Crippen LogP contribution is 2.33. The maximum Gasteiger partial charge on any atom is 0.255 e. The SMILES string of the molecule is O=C(NCCCCCO)c1cccc2c1OCCO2. The third-order valence-corrected chi connectivity index (χ3v) is 2.93. The molecule has 104 valence electrons. The summed E-state index contributed by atoms with van der Waals surface area (Å²) in [4.78, 5) is 12.1. The predicted octanol–water partition coefficient (Wildman–Crippen LogP) is 1.35. The minimum atomic E-state index is -0.147. The summed E-state index contributed by atoms with van der Waals surface area (Å²) in [6.45, 7) is 1.78. The van der Waals surface area contributed by atoms with Crippen molar-refractivity contribution in [3.63, 3.8) is 0 Å². The Labute approximate surface area is 112 Å². The van der Waals surface area contributed by atoms with Crippen molar-refractivity contribution in [3.8, 4) is 11.5 Å². The second kappa shape index (κ2) is 6.99. The molecular formula is C14H19NO4. The lowest BCUT2D eigenvalue weighted by atomic mass is 10.1. The minimum absolute atomic E-state index is 0.147. The number of benzene rings is 1. The Bertz CT molecular complexity index is 433. The Kier molecular flexibility index (Phi) is 5.03. The molecule has 0 saturated carbocycles. The first-order chi connectivity index (χ1) is 9.33. The van der Waals surface area contributed by atoms with E-state index in [4.69, 9.17) is 14.6 Å². The fourth-order valence-corrected chi connectivity index (χ4v) is 1.96. The molecular weight excluding hydrogens is 246 g/mol. The van der Waals surface area contributed by atoms with Crippen LogP contribution in [0.15, 0.2) is 18.2 Å². The van der Waals surface area contributed by atoms with Crippen molar-refractivity contribution >= 4 is 5.91 Å². The first-order valence-corrected chi connectivity index (χ1v) is 6.60. The molecule has 5 nitrogen and oxygen atoms in total. The van der Waals surface area contributed by atoms with Gasteiger partial charge in [-0.15, -0.1) is 0 Å². The average Bonchev–Trinajstić information content (AvgIpc) is 2.46. The van der Waals surface area contributed by atoms with E-state index in [0.717, 1.165) is 19.3 Å². The normalized spacial score (nSPS) is 13.1. The van der Waals surface area contributed by atoms with Crippen molar-refractivity contribution in [2.24, 2.45) is 0 Å². The van der Waals surface area contributed by atoms with Crippen LogP contribution in [0, 0.1) is 0 Å². The summed E-state index contributed by atoms with van der Waals surface area (Å²) in [6.07, 6.45) is 2.54. The predicted molar refractivity (Wildman–Crippen MR) is 70.7 cm³/mol. The van der Waals surface area contributed by atoms with Crippen LogP contribution in [0.1, 0.15) is 29.6 Å². The van der Waals surface area contributed by atoms with Crippen LogP contribution >= 0.6 is 0 Å². The largest absolute Gasteiger partial charge is 0.486 e. The highest BCUT2D eigenvalue weighted by molar-refractivity contribution is 5.97. The van der Waals surface area contributed by atoms with Gasteiger partial charge in [-0.2, -0.15) is 0 Å². The van der Waals surface area contributed by atoms with Gasteiger partial charge in [-0.25, -0.2) is 0 Å². The zero-order valence-electron chi connectivity index (χ0n) is 10.9. The molecule has 5 heteroatoms. The molecule has 1 aromatic carbocycles. The number of aliphatic hydroxyl groups excluding tert-OH is 1. The number of carbonyl (C=O) groups is 1. The van der Waals surface area contributed by atoms with E-state index in [1.807, 2.05) is 0 Å². The van der Waals surface area contributed by atoms with Gasteiger partial charge >= 0.3 is 0 Å². The summed E-state index contributed by atoms with van der Waals surface area (Å²) < 4.78 is 10.9. The number of rotatable bonds is 6. The number of para-hydroxylation sites is 1. The number of aliphatic hydroxyl groups is 1. The van der Waals surface area contributed by atoms with E-state index in [0.29, 0.717) is 36.8 Å². The molecule has 0 unspecified atom stereocenters. The van der Waals surface area contributed by atoms with Crippen LogP contribution in [-0.2, 0) is 0 Å². The van der Waals surface area contributed by atoms with Crippen LogP contribution in [-0.4, -0.2) is 37.4 Å². The highest BCUT2D eigenvalue weighted by atomic mass is 16.6. The van der Waals surface area contributed by atoms with Gasteiger partial charge in [0, 0.05) is 13.2 Å². The quantitative estimate of drug-likeness (QED) is 0.762. The summed E-state index contributed by atoms with van der Waals surface area (Å²) >= 11 is 0. The minimum Gasteiger partial charge on any atom is -0.486 e. The molecule has 0 aliphatic carbocycles. The van der Waals surface area contributed by atoms with E-state index in [1.54, 1.807) is 18.2 Å². The Morgan fingerprint density at radius 3 is 2.89 bits per heavy atom. The van der Waals surface area contributed by atoms with Crippen LogP contribution in [0.25, 0.3) is 0 Å². The van der Waals surface area contributed by atoms with E-state index in [2.05, 4.69) is 5.32 Å². The highest BCUT2D eigenvalue weighted by Gasteiger charge is 2.19. The Balaban J connectivity index is 1.92. The Morgan fingerprint density at radius 1 is 1.21 bits per heavy atom. The third-order valence-electron chi connectivity index (χ3n) is 2.93. The third kappa shape index (κ3) is 3.61. The van der Waals surface area contributed by atoms with Crippen LogP contribution in [0.3, 0.4) is 0 Å². The van der Waals surface area contributed by atoms with Gasteiger partial charge in [-0.1, -0.05) is 6.07 Å². The number of nitrogens with one attached hydrogen (secondary N) is 1. The van der Waals surface area contributed by atoms with Crippen molar-refractivity contribution in [3.05, 3.63) is 23.8 Å². The number of amides is 1. The van der Waals surface area contributed by atoms with E-state index in [1.165, 1.54) is 0 Å². The number of unbranched alkanes of at least 4 members (excludes halogenated alkanes) is 2. The molecule has 0 saturated heterocycles. The number of hydrogen-bond acceptors (Lipinski definition) is 4. The summed E-state index contributed by atoms with van der Waals surface area (Å²) in [5.74, 6) is 1.01. The van der Waals surface area contributed by atoms with Gasteiger partial charge in [0.15, 0.2) is 11.5 Å². The maximum absolute atomic E-state index is 12.1. The molecule has 0 bridgehead atoms. The molecule has 0 radical (unpaired) electrons. The lowest BCUT2D eigenvalue weighted by molar-refractivity contribution is 0.0941. The van der Waals surface area contributed by atoms with E-state index >= 15 is 0 Å². The van der Waals surface area contributed by atoms with Crippen molar-refractivity contribution in [1.29, 1.82) is 0 Å². The van der Waals surface area contributed by atoms with Gasteiger partial charge in [-0.3, -0.25) is 4.79 Å². The lowest BCUT2D eigenvalue weighted by Gasteiger charge is -2.20. The first kappa shape index (κ1) is 13.7. The number of ether oxygens (including phenoxy) is 2. The zero-order chi connectivity index (χ0) is 13.5. The van der Waals surface area contributed by atoms with Crippen LogP contribution in [0.2, 0.25) is 0 Å². The van der Waals surface area contributed by atoms with Gasteiger partial charge in [0.05, 0.1) is 5.56 Å². The summed E-state index contributed by atoms with van der Waals surface area (Å²) in [6, 6.07) is 5.32. The van der Waals surface area contributed by atoms with Crippen molar-refractivity contribution in [1.82, 2.24) is 5.32 Å². The van der Waals surface area contributed by atoms with Gasteiger partial charge in [0.1, 0.15) is 13.2 Å². The fraction of sp³-hybridized carbons (Fsp3) is 0.500. The Hall–Kier alpha value is -1.75. The van der Waals surface area contributed by atoms with Crippen LogP contribution in [0.5, 0.6) is 11.5 Å². The van der Waals surface area contributed by atoms with Crippen molar-refractivity contribution in [2.75, 3.05) is 26.4 Å². The van der Waals surface area contributed by atoms with Gasteiger partial charge in [0.2, 0.25) is 0 Å². The van der Waals surface area contributed by atoms with Crippen LogP contribution in [0.4, 0.5) is 0 Å². The molecule has 2 rings (SSSR count). The molecule has 0 fully saturated rings. The second-order valence-corrected chi connectivity index (χ2v) is 4.37. The van der Waals surface area contributed by atoms with E-state index in [9.17, 15) is 4.79 Å². The monoisotopic (exact) mass is 265 g/mol. The number of hydrogen-bond donors (Lipinski definition) is 2. The lowest BCUT2D eigenvalue weighted by Crippen LogP contribution is -2.26. The Morgan fingerprint density at radius 2 is 2.05 bits per heavy atom. The summed E-state index contributed by atoms with van der Waals surface area (Å²) in [7, 11) is 0. The molecule has 1 heterocycles. The van der Waals surface area contributed by atoms with E-state index < -0.39 is 0 Å². The molecule has 0 atom stereocenters. The van der Waals surface area contributed by atoms with Gasteiger partial charge < -0.3 is 19.9 Å². The van der Waals surface area contributed by atoms with Gasteiger partial charge in [0.25, 0.3) is 5.91 Å². The molecule has 2 N–H and O–H groups in total. The molecule has 1 aromatic rings. The molecule has 1 amide bonds. The summed E-state index contributed by atoms with van der Waals surface area (Å²) in [5, 5.41) is 11.5. The fourth-order valence-electron chi connectivity index (χ4n) is 1.96. The first-order valence-electron chi connectivity index (χ1n) is 6.60. The standard InChI is InChI=1S/C14H19NO4/c16-8-3-1-2-7-15-14(17)11-5-4-6-12-13(11)19-10-9-18-12/h4-6,16H,1-3,7-10H2,(H,15,17). The summed E-state index contributed by atoms with van der Waals surface area (Å²) in [5.41, 5.74) is 0.513. The topological polar surface area (TPSA) is 67.8 Å². The van der Waals surface area contributed by atoms with Gasteiger partial charge in [-0.05, 0) is 31.4 Å². The smallest absolute Gasteiger partial charge is 0.255 e.